The molecule has 1 aliphatic carbocycles. The van der Waals surface area contributed by atoms with Crippen molar-refractivity contribution in [2.45, 2.75) is 31.5 Å². The maximum Gasteiger partial charge on any atom is 0.346 e. The van der Waals surface area contributed by atoms with Gasteiger partial charge < -0.3 is 16.0 Å². The Balaban J connectivity index is 1.66. The van der Waals surface area contributed by atoms with Crippen LogP contribution in [0.5, 0.6) is 0 Å². The van der Waals surface area contributed by atoms with Crippen LogP contribution < -0.4 is 11.1 Å². The van der Waals surface area contributed by atoms with Crippen LogP contribution in [-0.4, -0.2) is 34.9 Å². The van der Waals surface area contributed by atoms with Gasteiger partial charge in [-0.3, -0.25) is 0 Å². The van der Waals surface area contributed by atoms with Gasteiger partial charge in [0.2, 0.25) is 0 Å². The summed E-state index contributed by atoms with van der Waals surface area (Å²) in [7, 11) is 0. The summed E-state index contributed by atoms with van der Waals surface area (Å²) in [5, 5.41) is 3.52. The third-order valence-electron chi connectivity index (χ3n) is 5.50. The fourth-order valence-corrected chi connectivity index (χ4v) is 4.29. The molecule has 2 saturated heterocycles. The number of benzene rings is 1. The van der Waals surface area contributed by atoms with Crippen LogP contribution >= 0.6 is 0 Å². The number of amides is 2. The molecule has 5 nitrogen and oxygen atoms in total. The quantitative estimate of drug-likeness (QED) is 0.880. The molecule has 3 heterocycles. The lowest BCUT2D eigenvalue weighted by molar-refractivity contribution is 0.0583. The zero-order chi connectivity index (χ0) is 14.6. The van der Waals surface area contributed by atoms with Gasteiger partial charge >= 0.3 is 6.03 Å². The summed E-state index contributed by atoms with van der Waals surface area (Å²) in [4.78, 5) is 18.2. The van der Waals surface area contributed by atoms with E-state index >= 15 is 0 Å². The molecule has 3 N–H and O–H groups in total. The highest BCUT2D eigenvalue weighted by atomic mass is 16.2. The van der Waals surface area contributed by atoms with Crippen LogP contribution in [0, 0.1) is 11.8 Å². The zero-order valence-electron chi connectivity index (χ0n) is 12.1. The summed E-state index contributed by atoms with van der Waals surface area (Å²) >= 11 is 0. The van der Waals surface area contributed by atoms with Crippen molar-refractivity contribution in [3.63, 3.8) is 0 Å². The maximum atomic E-state index is 12.3. The van der Waals surface area contributed by atoms with Crippen LogP contribution in [0.25, 0.3) is 0 Å². The minimum Gasteiger partial charge on any atom is -0.385 e. The molecule has 2 bridgehead atoms. The molecule has 0 radical (unpaired) electrons. The lowest BCUT2D eigenvalue weighted by Crippen LogP contribution is -2.64. The predicted octanol–water partition coefficient (Wildman–Crippen LogP) is 1.35. The maximum absolute atomic E-state index is 12.3. The summed E-state index contributed by atoms with van der Waals surface area (Å²) in [6, 6.07) is 10.3. The highest BCUT2D eigenvalue weighted by Crippen LogP contribution is 2.50. The number of carbonyl (C=O) groups excluding carboxylic acids is 1. The van der Waals surface area contributed by atoms with Crippen molar-refractivity contribution >= 4 is 11.9 Å². The molecule has 5 rings (SSSR count). The molecule has 4 aliphatic rings. The highest BCUT2D eigenvalue weighted by Gasteiger charge is 2.61. The van der Waals surface area contributed by atoms with Crippen LogP contribution in [0.2, 0.25) is 0 Å². The Morgan fingerprint density at radius 3 is 2.81 bits per heavy atom. The minimum absolute atomic E-state index is 0.204. The standard InChI is InChI=1S/C16H20N4O/c1-16(13-11-7-12(13)18-8-11)14(17)19-15(21)20(16)9-10-5-3-2-4-6-10/h2-6,11-13,18H,7-9H2,1H3,(H2,17,19,21). The number of nitrogens with two attached hydrogens (primary N) is 1. The van der Waals surface area contributed by atoms with Gasteiger partial charge in [-0.05, 0) is 31.4 Å². The Hall–Kier alpha value is -1.88. The SMILES string of the molecule is CC1(C2C3CNC2C3)C(N)=NC(=O)N1Cc1ccccc1. The first-order valence-electron chi connectivity index (χ1n) is 7.54. The molecule has 2 amide bonds. The normalized spacial score (nSPS) is 37.6. The second-order valence-corrected chi connectivity index (χ2v) is 6.54. The van der Waals surface area contributed by atoms with E-state index in [2.05, 4.69) is 17.2 Å². The molecule has 4 atom stereocenters. The van der Waals surface area contributed by atoms with E-state index in [9.17, 15) is 4.79 Å². The number of hydrogen-bond acceptors (Lipinski definition) is 3. The largest absolute Gasteiger partial charge is 0.385 e. The van der Waals surface area contributed by atoms with Gasteiger partial charge in [0.05, 0.1) is 0 Å². The average Bonchev–Trinajstić information content (AvgIpc) is 3.13. The van der Waals surface area contributed by atoms with Gasteiger partial charge in [0, 0.05) is 18.5 Å². The first kappa shape index (κ1) is 12.8. The van der Waals surface area contributed by atoms with Gasteiger partial charge in [-0.2, -0.15) is 4.99 Å². The van der Waals surface area contributed by atoms with Gasteiger partial charge in [-0.1, -0.05) is 30.3 Å². The molecular weight excluding hydrogens is 264 g/mol. The first-order chi connectivity index (χ1) is 10.1. The van der Waals surface area contributed by atoms with Crippen molar-refractivity contribution in [1.82, 2.24) is 10.2 Å². The zero-order valence-corrected chi connectivity index (χ0v) is 12.1. The Kier molecular flexibility index (Phi) is 2.63. The van der Waals surface area contributed by atoms with E-state index in [1.165, 1.54) is 6.42 Å². The van der Waals surface area contributed by atoms with Crippen LogP contribution in [0.15, 0.2) is 35.3 Å². The molecule has 1 aromatic rings. The Labute approximate surface area is 124 Å². The van der Waals surface area contributed by atoms with Crippen molar-refractivity contribution in [3.05, 3.63) is 35.9 Å². The molecule has 1 saturated carbocycles. The topological polar surface area (TPSA) is 70.7 Å². The number of amidine groups is 1. The van der Waals surface area contributed by atoms with E-state index in [-0.39, 0.29) is 6.03 Å². The summed E-state index contributed by atoms with van der Waals surface area (Å²) in [5.74, 6) is 1.47. The molecule has 5 heteroatoms. The number of fused-ring (bicyclic) bond motifs is 1. The van der Waals surface area contributed by atoms with E-state index in [4.69, 9.17) is 5.73 Å². The van der Waals surface area contributed by atoms with Gasteiger partial charge in [0.25, 0.3) is 0 Å². The monoisotopic (exact) mass is 284 g/mol. The second kappa shape index (κ2) is 4.31. The molecular formula is C16H20N4O. The summed E-state index contributed by atoms with van der Waals surface area (Å²) in [5.41, 5.74) is 6.83. The minimum atomic E-state index is -0.454. The summed E-state index contributed by atoms with van der Waals surface area (Å²) < 4.78 is 0. The number of aliphatic imine (C=N–C) groups is 1. The third-order valence-corrected chi connectivity index (χ3v) is 5.50. The van der Waals surface area contributed by atoms with Crippen molar-refractivity contribution in [2.24, 2.45) is 22.6 Å². The first-order valence-corrected chi connectivity index (χ1v) is 7.54. The number of carbonyl (C=O) groups is 1. The van der Waals surface area contributed by atoms with Crippen molar-refractivity contribution in [3.8, 4) is 0 Å². The molecule has 0 spiro atoms. The third kappa shape index (κ3) is 1.67. The number of nitrogens with zero attached hydrogens (tertiary/aromatic N) is 2. The van der Waals surface area contributed by atoms with Crippen molar-refractivity contribution in [2.75, 3.05) is 6.54 Å². The lowest BCUT2D eigenvalue weighted by atomic mass is 9.63. The molecule has 21 heavy (non-hydrogen) atoms. The number of nitrogens with one attached hydrogen (secondary N) is 1. The van der Waals surface area contributed by atoms with E-state index in [1.54, 1.807) is 0 Å². The molecule has 110 valence electrons. The number of rotatable bonds is 3. The van der Waals surface area contributed by atoms with E-state index in [0.717, 1.165) is 12.1 Å². The molecule has 1 aromatic carbocycles. The second-order valence-electron chi connectivity index (χ2n) is 6.54. The van der Waals surface area contributed by atoms with Gasteiger partial charge in [-0.15, -0.1) is 0 Å². The Bertz CT molecular complexity index is 600. The predicted molar refractivity (Wildman–Crippen MR) is 80.8 cm³/mol. The summed E-state index contributed by atoms with van der Waals surface area (Å²) in [6.45, 7) is 3.68. The molecule has 3 aliphatic heterocycles. The summed E-state index contributed by atoms with van der Waals surface area (Å²) in [6.07, 6.45) is 1.20. The number of urea groups is 1. The van der Waals surface area contributed by atoms with Crippen LogP contribution in [0.1, 0.15) is 18.9 Å². The van der Waals surface area contributed by atoms with Crippen molar-refractivity contribution in [1.29, 1.82) is 0 Å². The highest BCUT2D eigenvalue weighted by molar-refractivity contribution is 6.06. The van der Waals surface area contributed by atoms with E-state index < -0.39 is 5.54 Å². The fraction of sp³-hybridized carbons (Fsp3) is 0.500. The van der Waals surface area contributed by atoms with Gasteiger partial charge in [0.15, 0.2) is 0 Å². The molecule has 0 aromatic heterocycles. The van der Waals surface area contributed by atoms with Crippen LogP contribution in [0.4, 0.5) is 4.79 Å². The van der Waals surface area contributed by atoms with E-state index in [1.807, 2.05) is 35.2 Å². The molecule has 4 unspecified atom stereocenters. The average molecular weight is 284 g/mol. The smallest absolute Gasteiger partial charge is 0.346 e. The molecule has 3 fully saturated rings. The number of hydrogen-bond donors (Lipinski definition) is 2. The van der Waals surface area contributed by atoms with E-state index in [0.29, 0.717) is 30.3 Å². The van der Waals surface area contributed by atoms with Crippen molar-refractivity contribution < 1.29 is 4.79 Å². The van der Waals surface area contributed by atoms with Crippen LogP contribution in [0.3, 0.4) is 0 Å². The van der Waals surface area contributed by atoms with Gasteiger partial charge in [-0.25, -0.2) is 4.79 Å². The lowest BCUT2D eigenvalue weighted by Gasteiger charge is -2.49. The van der Waals surface area contributed by atoms with Gasteiger partial charge in [0.1, 0.15) is 11.4 Å². The fourth-order valence-electron chi connectivity index (χ4n) is 4.29. The van der Waals surface area contributed by atoms with Crippen LogP contribution in [-0.2, 0) is 6.54 Å². The Morgan fingerprint density at radius 1 is 1.43 bits per heavy atom. The Morgan fingerprint density at radius 2 is 2.19 bits per heavy atom.